The number of carbonyl (C=O) groups is 2. The number of aromatic nitrogens is 3. The molecule has 5 aromatic rings. The van der Waals surface area contributed by atoms with E-state index in [1.807, 2.05) is 68.2 Å². The molecule has 4 N–H and O–H groups in total. The van der Waals surface area contributed by atoms with Crippen molar-refractivity contribution < 1.29 is 14.3 Å². The van der Waals surface area contributed by atoms with Gasteiger partial charge in [0.05, 0.1) is 16.8 Å². The van der Waals surface area contributed by atoms with Gasteiger partial charge >= 0.3 is 0 Å². The third-order valence-electron chi connectivity index (χ3n) is 8.51. The molecule has 1 aliphatic carbocycles. The van der Waals surface area contributed by atoms with Gasteiger partial charge < -0.3 is 25.7 Å². The molecule has 1 aliphatic heterocycles. The van der Waals surface area contributed by atoms with Crippen molar-refractivity contribution in [3.8, 4) is 16.9 Å². The summed E-state index contributed by atoms with van der Waals surface area (Å²) in [6, 6.07) is 13.5. The number of rotatable bonds is 6. The third-order valence-corrected chi connectivity index (χ3v) is 8.51. The lowest BCUT2D eigenvalue weighted by Gasteiger charge is -2.21. The molecule has 9 nitrogen and oxygen atoms in total. The molecule has 214 valence electrons. The monoisotopic (exact) mass is 562 g/mol. The van der Waals surface area contributed by atoms with Crippen LogP contribution in [0.25, 0.3) is 32.9 Å². The number of benzene rings is 3. The second-order valence-corrected chi connectivity index (χ2v) is 11.8. The summed E-state index contributed by atoms with van der Waals surface area (Å²) in [6.45, 7) is 7.17. The Morgan fingerprint density at radius 3 is 2.64 bits per heavy atom. The van der Waals surface area contributed by atoms with Gasteiger partial charge in [-0.2, -0.15) is 5.10 Å². The van der Waals surface area contributed by atoms with Gasteiger partial charge in [-0.1, -0.05) is 12.1 Å². The van der Waals surface area contributed by atoms with Crippen molar-refractivity contribution in [1.29, 1.82) is 0 Å². The highest BCUT2D eigenvalue weighted by atomic mass is 16.5. The first kappa shape index (κ1) is 26.3. The van der Waals surface area contributed by atoms with E-state index in [1.54, 1.807) is 0 Å². The summed E-state index contributed by atoms with van der Waals surface area (Å²) in [5.74, 6) is 0.318. The van der Waals surface area contributed by atoms with Gasteiger partial charge in [0.15, 0.2) is 6.61 Å². The Morgan fingerprint density at radius 1 is 1.12 bits per heavy atom. The number of nitrogens with zero attached hydrogens (tertiary/aromatic N) is 3. The molecule has 0 spiro atoms. The van der Waals surface area contributed by atoms with Crippen LogP contribution in [0.1, 0.15) is 53.5 Å². The number of ether oxygens (including phenoxy) is 1. The van der Waals surface area contributed by atoms with Gasteiger partial charge in [-0.25, -0.2) is 0 Å². The van der Waals surface area contributed by atoms with Gasteiger partial charge in [-0.05, 0) is 80.6 Å². The smallest absolute Gasteiger partial charge is 0.262 e. The highest BCUT2D eigenvalue weighted by Gasteiger charge is 2.35. The normalized spacial score (nSPS) is 14.1. The van der Waals surface area contributed by atoms with E-state index in [0.29, 0.717) is 18.0 Å². The summed E-state index contributed by atoms with van der Waals surface area (Å²) < 4.78 is 10.2. The lowest BCUT2D eigenvalue weighted by Crippen LogP contribution is -2.28. The molecule has 7 rings (SSSR count). The number of hydrogen-bond acceptors (Lipinski definition) is 5. The van der Waals surface area contributed by atoms with Crippen LogP contribution in [0.3, 0.4) is 0 Å². The molecule has 9 heteroatoms. The van der Waals surface area contributed by atoms with Gasteiger partial charge in [0.25, 0.3) is 11.8 Å². The molecule has 42 heavy (non-hydrogen) atoms. The Morgan fingerprint density at radius 2 is 1.90 bits per heavy atom. The number of carbonyl (C=O) groups excluding carboxylic acids is 2. The fourth-order valence-corrected chi connectivity index (χ4v) is 6.64. The minimum absolute atomic E-state index is 0.0376. The zero-order valence-corrected chi connectivity index (χ0v) is 24.3. The van der Waals surface area contributed by atoms with Crippen LogP contribution >= 0.6 is 0 Å². The number of nitrogens with one attached hydrogen (secondary N) is 2. The predicted octanol–water partition coefficient (Wildman–Crippen LogP) is 4.77. The quantitative estimate of drug-likeness (QED) is 0.276. The number of fused-ring (bicyclic) bond motifs is 10. The molecule has 3 heterocycles. The minimum atomic E-state index is -0.449. The molecule has 0 unspecified atom stereocenters. The summed E-state index contributed by atoms with van der Waals surface area (Å²) in [4.78, 5) is 26.0. The molecule has 0 fully saturated rings. The zero-order valence-electron chi connectivity index (χ0n) is 24.3. The Balaban J connectivity index is 1.26. The molecule has 3 aromatic carbocycles. The maximum atomic E-state index is 13.3. The van der Waals surface area contributed by atoms with Crippen molar-refractivity contribution in [2.24, 2.45) is 12.8 Å². The largest absolute Gasteiger partial charge is 0.484 e. The molecular formula is C33H34N6O3. The van der Waals surface area contributed by atoms with Crippen molar-refractivity contribution in [2.75, 3.05) is 11.9 Å². The fourth-order valence-electron chi connectivity index (χ4n) is 6.64. The van der Waals surface area contributed by atoms with Crippen LogP contribution in [-0.2, 0) is 43.3 Å². The second kappa shape index (κ2) is 9.46. The van der Waals surface area contributed by atoms with Crippen LogP contribution in [0, 0.1) is 0 Å². The van der Waals surface area contributed by atoms with Crippen molar-refractivity contribution in [3.63, 3.8) is 0 Å². The topological polar surface area (TPSA) is 116 Å². The van der Waals surface area contributed by atoms with Crippen molar-refractivity contribution in [3.05, 3.63) is 76.6 Å². The highest BCUT2D eigenvalue weighted by Crippen LogP contribution is 2.47. The molecule has 2 amide bonds. The average molecular weight is 563 g/mol. The molecule has 0 saturated carbocycles. The number of amides is 2. The maximum Gasteiger partial charge on any atom is 0.262 e. The van der Waals surface area contributed by atoms with Gasteiger partial charge in [-0.15, -0.1) is 0 Å². The lowest BCUT2D eigenvalue weighted by molar-refractivity contribution is -0.118. The number of hydrogen-bond donors (Lipinski definition) is 3. The number of anilines is 1. The molecular weight excluding hydrogens is 528 g/mol. The maximum absolute atomic E-state index is 13.3. The first-order valence-corrected chi connectivity index (χ1v) is 14.4. The Hall–Kier alpha value is -4.63. The summed E-state index contributed by atoms with van der Waals surface area (Å²) in [7, 11) is 1.93. The summed E-state index contributed by atoms with van der Waals surface area (Å²) >= 11 is 0. The Bertz CT molecular complexity index is 1920. The molecule has 0 radical (unpaired) electrons. The average Bonchev–Trinajstić information content (AvgIpc) is 3.63. The van der Waals surface area contributed by atoms with Gasteiger partial charge in [0.2, 0.25) is 0 Å². The number of nitrogens with two attached hydrogens (primary N) is 1. The summed E-state index contributed by atoms with van der Waals surface area (Å²) in [5.41, 5.74) is 15.7. The van der Waals surface area contributed by atoms with Crippen molar-refractivity contribution >= 4 is 39.3 Å². The van der Waals surface area contributed by atoms with Crippen LogP contribution in [0.5, 0.6) is 5.75 Å². The van der Waals surface area contributed by atoms with Crippen LogP contribution in [0.2, 0.25) is 0 Å². The van der Waals surface area contributed by atoms with Gasteiger partial charge in [-0.3, -0.25) is 14.3 Å². The first-order chi connectivity index (χ1) is 20.1. The van der Waals surface area contributed by atoms with Gasteiger partial charge in [0.1, 0.15) is 5.75 Å². The van der Waals surface area contributed by atoms with E-state index in [4.69, 9.17) is 10.5 Å². The molecule has 2 aromatic heterocycles. The SMILES string of the molecule is CCn1c2ccc(OCC(=O)Nc3ccc(C(C)(C)N)cc3)cc2c2c3c(c4c(c21)CCc1nn(C)cc1-4)C(=O)NC3. The standard InChI is InChI=1S/C33H34N6O3/c1-5-39-26-13-10-20(42-17-27(40)36-19-8-6-18(7-9-19)33(2,3)34)14-22(26)29-23-15-35-32(41)30(23)28-21(31(29)39)11-12-25-24(28)16-38(4)37-25/h6-10,13-14,16H,5,11-12,15,17,34H2,1-4H3,(H,35,41)(H,36,40). The lowest BCUT2D eigenvalue weighted by atomic mass is 9.82. The van der Waals surface area contributed by atoms with Crippen molar-refractivity contribution in [1.82, 2.24) is 19.7 Å². The predicted molar refractivity (Wildman–Crippen MR) is 164 cm³/mol. The van der Waals surface area contributed by atoms with Crippen LogP contribution in [-0.4, -0.2) is 32.8 Å². The minimum Gasteiger partial charge on any atom is -0.484 e. The summed E-state index contributed by atoms with van der Waals surface area (Å²) in [6.07, 6.45) is 3.69. The molecule has 0 atom stereocenters. The van der Waals surface area contributed by atoms with E-state index < -0.39 is 5.54 Å². The van der Waals surface area contributed by atoms with Crippen LogP contribution < -0.4 is 21.1 Å². The van der Waals surface area contributed by atoms with E-state index >= 15 is 0 Å². The second-order valence-electron chi connectivity index (χ2n) is 11.8. The van der Waals surface area contributed by atoms with Crippen molar-refractivity contribution in [2.45, 2.75) is 52.2 Å². The van der Waals surface area contributed by atoms with E-state index in [0.717, 1.165) is 69.2 Å². The Labute approximate surface area is 243 Å². The zero-order chi connectivity index (χ0) is 29.3. The number of aryl methyl sites for hydroxylation is 4. The molecule has 0 saturated heterocycles. The fraction of sp³-hybridized carbons (Fsp3) is 0.303. The van der Waals surface area contributed by atoms with E-state index in [9.17, 15) is 9.59 Å². The van der Waals surface area contributed by atoms with E-state index in [1.165, 1.54) is 11.1 Å². The van der Waals surface area contributed by atoms with Crippen LogP contribution in [0.4, 0.5) is 5.69 Å². The van der Waals surface area contributed by atoms with E-state index in [2.05, 4.69) is 33.3 Å². The first-order valence-electron chi connectivity index (χ1n) is 14.4. The third kappa shape index (κ3) is 4.07. The van der Waals surface area contributed by atoms with Crippen LogP contribution in [0.15, 0.2) is 48.7 Å². The highest BCUT2D eigenvalue weighted by molar-refractivity contribution is 6.19. The molecule has 2 aliphatic rings. The Kier molecular flexibility index (Phi) is 5.92. The van der Waals surface area contributed by atoms with Gasteiger partial charge in [0, 0.05) is 65.0 Å². The summed E-state index contributed by atoms with van der Waals surface area (Å²) in [5, 5.41) is 12.8. The van der Waals surface area contributed by atoms with E-state index in [-0.39, 0.29) is 18.4 Å². The molecule has 0 bridgehead atoms.